The Morgan fingerprint density at radius 1 is 0.351 bits per heavy atom. The molecule has 0 aliphatic heterocycles. The SMILES string of the molecule is c1ccc(-c2nc(-c3ccccc3)nc(-c3cccc4c3sc3cc(-c5ccc6c(c5)sc5cccc(-n7c8ccccc8c8ccccc87)c56)ccc34)n2)cc1. The van der Waals surface area contributed by atoms with E-state index in [4.69, 9.17) is 15.0 Å². The lowest BCUT2D eigenvalue weighted by Crippen LogP contribution is -2.00. The summed E-state index contributed by atoms with van der Waals surface area (Å²) in [7, 11) is 0. The van der Waals surface area contributed by atoms with Crippen LogP contribution in [0.3, 0.4) is 0 Å². The second kappa shape index (κ2) is 12.8. The Labute approximate surface area is 335 Å². The number of fused-ring (bicyclic) bond motifs is 9. The molecule has 8 aromatic carbocycles. The average Bonchev–Trinajstić information content (AvgIpc) is 3.96. The van der Waals surface area contributed by atoms with E-state index in [0.717, 1.165) is 16.7 Å². The molecule has 0 radical (unpaired) electrons. The first-order valence-corrected chi connectivity index (χ1v) is 20.7. The van der Waals surface area contributed by atoms with Crippen molar-refractivity contribution < 1.29 is 0 Å². The van der Waals surface area contributed by atoms with Crippen molar-refractivity contribution >= 4 is 84.8 Å². The van der Waals surface area contributed by atoms with Crippen LogP contribution in [-0.2, 0) is 0 Å². The van der Waals surface area contributed by atoms with Gasteiger partial charge in [0.05, 0.1) is 16.7 Å². The summed E-state index contributed by atoms with van der Waals surface area (Å²) in [6, 6.07) is 64.9. The van der Waals surface area contributed by atoms with Gasteiger partial charge >= 0.3 is 0 Å². The van der Waals surface area contributed by atoms with Gasteiger partial charge in [0.15, 0.2) is 17.5 Å². The predicted molar refractivity (Wildman–Crippen MR) is 242 cm³/mol. The molecule has 0 fully saturated rings. The van der Waals surface area contributed by atoms with Crippen molar-refractivity contribution in [1.29, 1.82) is 0 Å². The van der Waals surface area contributed by atoms with Gasteiger partial charge in [-0.2, -0.15) is 0 Å². The van der Waals surface area contributed by atoms with Crippen LogP contribution in [0.25, 0.3) is 113 Å². The molecule has 57 heavy (non-hydrogen) atoms. The molecule has 0 atom stereocenters. The van der Waals surface area contributed by atoms with E-state index in [9.17, 15) is 0 Å². The van der Waals surface area contributed by atoms with Crippen molar-refractivity contribution in [3.8, 4) is 51.0 Å². The summed E-state index contributed by atoms with van der Waals surface area (Å²) in [4.78, 5) is 15.1. The summed E-state index contributed by atoms with van der Waals surface area (Å²) >= 11 is 3.67. The van der Waals surface area contributed by atoms with Gasteiger partial charge in [-0.3, -0.25) is 0 Å². The fourth-order valence-electron chi connectivity index (χ4n) is 8.44. The van der Waals surface area contributed by atoms with Crippen LogP contribution < -0.4 is 0 Å². The number of para-hydroxylation sites is 2. The molecule has 0 aliphatic carbocycles. The van der Waals surface area contributed by atoms with E-state index >= 15 is 0 Å². The molecule has 12 aromatic rings. The Morgan fingerprint density at radius 2 is 0.895 bits per heavy atom. The van der Waals surface area contributed by atoms with Crippen molar-refractivity contribution in [3.05, 3.63) is 182 Å². The highest BCUT2D eigenvalue weighted by molar-refractivity contribution is 7.26. The molecule has 0 bridgehead atoms. The van der Waals surface area contributed by atoms with Crippen LogP contribution in [0.1, 0.15) is 0 Å². The van der Waals surface area contributed by atoms with Gasteiger partial charge in [-0.25, -0.2) is 15.0 Å². The van der Waals surface area contributed by atoms with Crippen molar-refractivity contribution in [2.75, 3.05) is 0 Å². The number of nitrogens with zero attached hydrogens (tertiary/aromatic N) is 4. The zero-order valence-corrected chi connectivity index (χ0v) is 32.1. The second-order valence-corrected chi connectivity index (χ2v) is 16.5. The number of hydrogen-bond acceptors (Lipinski definition) is 5. The molecule has 4 nitrogen and oxygen atoms in total. The largest absolute Gasteiger partial charge is 0.309 e. The molecule has 266 valence electrons. The molecule has 4 aromatic heterocycles. The quantitative estimate of drug-likeness (QED) is 0.175. The van der Waals surface area contributed by atoms with E-state index in [1.165, 1.54) is 79.0 Å². The van der Waals surface area contributed by atoms with E-state index in [1.807, 2.05) is 47.7 Å². The number of aromatic nitrogens is 4. The minimum atomic E-state index is 0.665. The van der Waals surface area contributed by atoms with E-state index in [0.29, 0.717) is 17.5 Å². The number of thiophene rings is 2. The summed E-state index contributed by atoms with van der Waals surface area (Å²) in [5.74, 6) is 2.01. The van der Waals surface area contributed by atoms with Crippen LogP contribution >= 0.6 is 22.7 Å². The molecule has 6 heteroatoms. The Kier molecular flexibility index (Phi) is 7.24. The maximum atomic E-state index is 5.07. The van der Waals surface area contributed by atoms with E-state index in [-0.39, 0.29) is 0 Å². The van der Waals surface area contributed by atoms with Crippen molar-refractivity contribution in [1.82, 2.24) is 19.5 Å². The summed E-state index contributed by atoms with van der Waals surface area (Å²) in [5.41, 5.74) is 9.03. The van der Waals surface area contributed by atoms with Gasteiger partial charge in [0, 0.05) is 67.8 Å². The van der Waals surface area contributed by atoms with E-state index in [2.05, 4.69) is 150 Å². The molecular weight excluding hydrogens is 733 g/mol. The van der Waals surface area contributed by atoms with E-state index in [1.54, 1.807) is 11.3 Å². The zero-order chi connectivity index (χ0) is 37.5. The second-order valence-electron chi connectivity index (χ2n) is 14.4. The molecule has 0 amide bonds. The van der Waals surface area contributed by atoms with Crippen LogP contribution in [0.4, 0.5) is 0 Å². The van der Waals surface area contributed by atoms with Gasteiger partial charge in [0.25, 0.3) is 0 Å². The van der Waals surface area contributed by atoms with Crippen molar-refractivity contribution in [3.63, 3.8) is 0 Å². The molecular formula is C51H30N4S2. The Bertz CT molecular complexity index is 3410. The summed E-state index contributed by atoms with van der Waals surface area (Å²) in [5, 5.41) is 7.58. The topological polar surface area (TPSA) is 43.6 Å². The summed E-state index contributed by atoms with van der Waals surface area (Å²) in [6.07, 6.45) is 0. The van der Waals surface area contributed by atoms with Gasteiger partial charge in [0.2, 0.25) is 0 Å². The summed E-state index contributed by atoms with van der Waals surface area (Å²) < 4.78 is 7.43. The molecule has 0 unspecified atom stereocenters. The van der Waals surface area contributed by atoms with Gasteiger partial charge in [0.1, 0.15) is 0 Å². The highest BCUT2D eigenvalue weighted by Crippen LogP contribution is 2.44. The van der Waals surface area contributed by atoms with Crippen LogP contribution in [0.15, 0.2) is 182 Å². The van der Waals surface area contributed by atoms with Crippen LogP contribution in [-0.4, -0.2) is 19.5 Å². The Balaban J connectivity index is 0.981. The van der Waals surface area contributed by atoms with Gasteiger partial charge in [-0.1, -0.05) is 140 Å². The predicted octanol–water partition coefficient (Wildman–Crippen LogP) is 14.4. The normalized spacial score (nSPS) is 11.9. The highest BCUT2D eigenvalue weighted by Gasteiger charge is 2.19. The Hall–Kier alpha value is -6.99. The summed E-state index contributed by atoms with van der Waals surface area (Å²) in [6.45, 7) is 0. The molecule has 12 rings (SSSR count). The average molecular weight is 763 g/mol. The number of benzene rings is 8. The third-order valence-electron chi connectivity index (χ3n) is 11.1. The lowest BCUT2D eigenvalue weighted by molar-refractivity contribution is 1.08. The highest BCUT2D eigenvalue weighted by atomic mass is 32.1. The zero-order valence-electron chi connectivity index (χ0n) is 30.4. The first kappa shape index (κ1) is 32.3. The van der Waals surface area contributed by atoms with Gasteiger partial charge < -0.3 is 4.57 Å². The molecule has 0 N–H and O–H groups in total. The molecule has 0 spiro atoms. The number of rotatable bonds is 5. The van der Waals surface area contributed by atoms with Gasteiger partial charge in [-0.05, 0) is 53.6 Å². The standard InChI is InChI=1S/C51H30N4S2/c1-3-13-31(14-4-1)49-52-50(32-15-5-2-6-16-32)54-51(53-49)40-20-11-19-38-37-27-25-33(29-45(37)57-48(38)40)34-26-28-39-46(30-34)56-44-24-12-23-43(47(39)44)55-41-21-9-7-17-35(41)36-18-8-10-22-42(36)55/h1-30H. The van der Waals surface area contributed by atoms with Crippen LogP contribution in [0.5, 0.6) is 0 Å². The third-order valence-corrected chi connectivity index (χ3v) is 13.4. The van der Waals surface area contributed by atoms with Crippen molar-refractivity contribution in [2.24, 2.45) is 0 Å². The monoisotopic (exact) mass is 762 g/mol. The lowest BCUT2D eigenvalue weighted by Gasteiger charge is -2.10. The smallest absolute Gasteiger partial charge is 0.165 e. The first-order valence-electron chi connectivity index (χ1n) is 19.0. The molecule has 0 saturated carbocycles. The first-order chi connectivity index (χ1) is 28.2. The van der Waals surface area contributed by atoms with E-state index < -0.39 is 0 Å². The fourth-order valence-corrected chi connectivity index (χ4v) is 10.9. The minimum Gasteiger partial charge on any atom is -0.309 e. The van der Waals surface area contributed by atoms with Crippen LogP contribution in [0, 0.1) is 0 Å². The van der Waals surface area contributed by atoms with Crippen molar-refractivity contribution in [2.45, 2.75) is 0 Å². The minimum absolute atomic E-state index is 0.665. The van der Waals surface area contributed by atoms with Crippen LogP contribution in [0.2, 0.25) is 0 Å². The maximum Gasteiger partial charge on any atom is 0.165 e. The maximum absolute atomic E-state index is 5.07. The lowest BCUT2D eigenvalue weighted by atomic mass is 10.0. The fraction of sp³-hybridized carbons (Fsp3) is 0. The molecule has 0 aliphatic rings. The number of hydrogen-bond donors (Lipinski definition) is 0. The molecule has 0 saturated heterocycles. The van der Waals surface area contributed by atoms with Gasteiger partial charge in [-0.15, -0.1) is 22.7 Å². The molecule has 4 heterocycles. The Morgan fingerprint density at radius 3 is 1.56 bits per heavy atom. The third kappa shape index (κ3) is 5.15.